The highest BCUT2D eigenvalue weighted by molar-refractivity contribution is 6.23. The molecule has 4 rings (SSSR count). The van der Waals surface area contributed by atoms with Crippen LogP contribution < -0.4 is 0 Å². The van der Waals surface area contributed by atoms with Crippen molar-refractivity contribution in [1.82, 2.24) is 15.2 Å². The van der Waals surface area contributed by atoms with Gasteiger partial charge in [-0.2, -0.15) is 5.10 Å². The topological polar surface area (TPSA) is 53.9 Å². The Morgan fingerprint density at radius 1 is 1.09 bits per heavy atom. The third kappa shape index (κ3) is 1.84. The van der Waals surface area contributed by atoms with Gasteiger partial charge in [0.15, 0.2) is 17.3 Å². The second-order valence-corrected chi connectivity index (χ2v) is 4.94. The van der Waals surface area contributed by atoms with Gasteiger partial charge in [-0.3, -0.25) is 10.1 Å². The monoisotopic (exact) mass is 296 g/mol. The average molecular weight is 296 g/mol. The molecule has 4 nitrogen and oxygen atoms in total. The molecule has 2 aromatic heterocycles. The van der Waals surface area contributed by atoms with Crippen molar-refractivity contribution >= 4 is 28.4 Å². The summed E-state index contributed by atoms with van der Waals surface area (Å²) in [5, 5.41) is 7.89. The van der Waals surface area contributed by atoms with Gasteiger partial charge in [-0.15, -0.1) is 0 Å². The molecule has 0 aliphatic carbocycles. The van der Waals surface area contributed by atoms with Crippen LogP contribution in [0.15, 0.2) is 41.5 Å². The number of aliphatic imine (C=N–C) groups is 1. The fourth-order valence-electron chi connectivity index (χ4n) is 2.63. The fourth-order valence-corrected chi connectivity index (χ4v) is 2.63. The minimum absolute atomic E-state index is 0.197. The van der Waals surface area contributed by atoms with Crippen molar-refractivity contribution in [3.8, 4) is 0 Å². The molecule has 0 saturated carbocycles. The lowest BCUT2D eigenvalue weighted by Crippen LogP contribution is -1.97. The molecule has 22 heavy (non-hydrogen) atoms. The molecule has 0 radical (unpaired) electrons. The average Bonchev–Trinajstić information content (AvgIpc) is 3.16. The van der Waals surface area contributed by atoms with E-state index in [1.165, 1.54) is 6.07 Å². The van der Waals surface area contributed by atoms with E-state index in [0.29, 0.717) is 17.8 Å². The predicted octanol–water partition coefficient (Wildman–Crippen LogP) is 3.23. The molecule has 1 aliphatic heterocycles. The molecule has 0 atom stereocenters. The Labute approximate surface area is 124 Å². The maximum absolute atomic E-state index is 14.1. The second kappa shape index (κ2) is 4.84. The number of hydrogen-bond donors (Lipinski definition) is 1. The largest absolute Gasteiger partial charge is 0.288 e. The van der Waals surface area contributed by atoms with Gasteiger partial charge in [-0.05, 0) is 18.2 Å². The number of hydrogen-bond acceptors (Lipinski definition) is 3. The summed E-state index contributed by atoms with van der Waals surface area (Å²) >= 11 is 0. The molecular weight excluding hydrogens is 286 g/mol. The summed E-state index contributed by atoms with van der Waals surface area (Å²) in [5.74, 6) is -1.74. The van der Waals surface area contributed by atoms with E-state index in [-0.39, 0.29) is 5.56 Å². The molecule has 1 aliphatic rings. The normalized spacial score (nSPS) is 14.3. The summed E-state index contributed by atoms with van der Waals surface area (Å²) < 4.78 is 27.6. The predicted molar refractivity (Wildman–Crippen MR) is 80.4 cm³/mol. The van der Waals surface area contributed by atoms with Gasteiger partial charge in [-0.1, -0.05) is 12.1 Å². The number of nitrogens with zero attached hydrogens (tertiary/aromatic N) is 3. The molecule has 3 aromatic rings. The van der Waals surface area contributed by atoms with Crippen molar-refractivity contribution in [3.63, 3.8) is 0 Å². The first kappa shape index (κ1) is 12.8. The Balaban J connectivity index is 1.95. The summed E-state index contributed by atoms with van der Waals surface area (Å²) in [6.07, 6.45) is 3.22. The van der Waals surface area contributed by atoms with Gasteiger partial charge in [0, 0.05) is 34.5 Å². The second-order valence-electron chi connectivity index (χ2n) is 4.94. The highest BCUT2D eigenvalue weighted by Gasteiger charge is 2.21. The van der Waals surface area contributed by atoms with Gasteiger partial charge >= 0.3 is 0 Å². The van der Waals surface area contributed by atoms with Crippen molar-refractivity contribution in [2.45, 2.75) is 0 Å². The summed E-state index contributed by atoms with van der Waals surface area (Å²) in [7, 11) is 0. The number of fused-ring (bicyclic) bond motifs is 1. The number of aromatic nitrogens is 3. The standard InChI is InChI=1S/C16H10F2N4/c17-13-5-1-3-9(14(13)18)11-7-19-8-12(11)15-10-4-2-6-20-16(10)22-21-15/h1-7H,8H2,(H,20,21,22). The summed E-state index contributed by atoms with van der Waals surface area (Å²) in [5.41, 5.74) is 2.85. The van der Waals surface area contributed by atoms with Crippen LogP contribution in [0.25, 0.3) is 22.2 Å². The van der Waals surface area contributed by atoms with Crippen molar-refractivity contribution in [2.24, 2.45) is 4.99 Å². The highest BCUT2D eigenvalue weighted by Crippen LogP contribution is 2.33. The SMILES string of the molecule is Fc1cccc(C2=C(c3[nH]nc4ncccc34)CN=C2)c1F. The molecule has 0 spiro atoms. The summed E-state index contributed by atoms with van der Waals surface area (Å²) in [6, 6.07) is 7.81. The number of halogens is 2. The third-order valence-electron chi connectivity index (χ3n) is 3.67. The number of aromatic amines is 1. The summed E-state index contributed by atoms with van der Waals surface area (Å²) in [6.45, 7) is 0.386. The van der Waals surface area contributed by atoms with Crippen LogP contribution in [0.5, 0.6) is 0 Å². The third-order valence-corrected chi connectivity index (χ3v) is 3.67. The van der Waals surface area contributed by atoms with Crippen LogP contribution in [0.2, 0.25) is 0 Å². The zero-order chi connectivity index (χ0) is 15.1. The van der Waals surface area contributed by atoms with Crippen LogP contribution >= 0.6 is 0 Å². The van der Waals surface area contributed by atoms with Gasteiger partial charge in [0.25, 0.3) is 0 Å². The van der Waals surface area contributed by atoms with Gasteiger partial charge in [-0.25, -0.2) is 13.8 Å². The molecule has 6 heteroatoms. The lowest BCUT2D eigenvalue weighted by Gasteiger charge is -2.07. The van der Waals surface area contributed by atoms with Crippen LogP contribution in [-0.2, 0) is 0 Å². The minimum Gasteiger partial charge on any atom is -0.288 e. The van der Waals surface area contributed by atoms with E-state index in [1.54, 1.807) is 24.5 Å². The van der Waals surface area contributed by atoms with E-state index in [9.17, 15) is 8.78 Å². The van der Waals surface area contributed by atoms with Crippen molar-refractivity contribution < 1.29 is 8.78 Å². The molecule has 0 saturated heterocycles. The smallest absolute Gasteiger partial charge is 0.181 e. The van der Waals surface area contributed by atoms with E-state index in [4.69, 9.17) is 0 Å². The van der Waals surface area contributed by atoms with E-state index in [0.717, 1.165) is 22.7 Å². The van der Waals surface area contributed by atoms with E-state index < -0.39 is 11.6 Å². The van der Waals surface area contributed by atoms with E-state index in [2.05, 4.69) is 20.2 Å². The van der Waals surface area contributed by atoms with Crippen LogP contribution in [0.4, 0.5) is 8.78 Å². The zero-order valence-electron chi connectivity index (χ0n) is 11.3. The number of rotatable bonds is 2. The minimum atomic E-state index is -0.874. The van der Waals surface area contributed by atoms with Crippen LogP contribution in [-0.4, -0.2) is 27.9 Å². The lowest BCUT2D eigenvalue weighted by molar-refractivity contribution is 0.507. The number of nitrogens with one attached hydrogen (secondary N) is 1. The number of allylic oxidation sites excluding steroid dienone is 1. The Kier molecular flexibility index (Phi) is 2.82. The Bertz CT molecular complexity index is 940. The van der Waals surface area contributed by atoms with Crippen LogP contribution in [0.1, 0.15) is 11.3 Å². The first-order valence-electron chi connectivity index (χ1n) is 6.72. The fraction of sp³-hybridized carbons (Fsp3) is 0.0625. The van der Waals surface area contributed by atoms with Crippen LogP contribution in [0, 0.1) is 11.6 Å². The Morgan fingerprint density at radius 2 is 2.00 bits per heavy atom. The number of H-pyrrole nitrogens is 1. The molecule has 108 valence electrons. The van der Waals surface area contributed by atoms with Crippen molar-refractivity contribution in [3.05, 3.63) is 59.4 Å². The van der Waals surface area contributed by atoms with Gasteiger partial charge < -0.3 is 0 Å². The maximum Gasteiger partial charge on any atom is 0.181 e. The van der Waals surface area contributed by atoms with Crippen molar-refractivity contribution in [2.75, 3.05) is 6.54 Å². The Hall–Kier alpha value is -2.89. The first-order valence-corrected chi connectivity index (χ1v) is 6.72. The zero-order valence-corrected chi connectivity index (χ0v) is 11.3. The molecule has 3 heterocycles. The first-order chi connectivity index (χ1) is 10.8. The highest BCUT2D eigenvalue weighted by atomic mass is 19.2. The molecule has 1 aromatic carbocycles. The van der Waals surface area contributed by atoms with E-state index >= 15 is 0 Å². The molecule has 0 fully saturated rings. The number of benzene rings is 1. The molecule has 0 amide bonds. The molecule has 1 N–H and O–H groups in total. The number of pyridine rings is 1. The quantitative estimate of drug-likeness (QED) is 0.789. The van der Waals surface area contributed by atoms with E-state index in [1.807, 2.05) is 6.07 Å². The van der Waals surface area contributed by atoms with Crippen LogP contribution in [0.3, 0.4) is 0 Å². The Morgan fingerprint density at radius 3 is 2.91 bits per heavy atom. The van der Waals surface area contributed by atoms with Gasteiger partial charge in [0.05, 0.1) is 12.2 Å². The van der Waals surface area contributed by atoms with Gasteiger partial charge in [0.2, 0.25) is 0 Å². The summed E-state index contributed by atoms with van der Waals surface area (Å²) in [4.78, 5) is 8.36. The lowest BCUT2D eigenvalue weighted by atomic mass is 9.98. The molecule has 0 unspecified atom stereocenters. The molecule has 0 bridgehead atoms. The van der Waals surface area contributed by atoms with Crippen molar-refractivity contribution in [1.29, 1.82) is 0 Å². The molecular formula is C16H10F2N4. The van der Waals surface area contributed by atoms with Gasteiger partial charge in [0.1, 0.15) is 0 Å². The maximum atomic E-state index is 14.1.